The summed E-state index contributed by atoms with van der Waals surface area (Å²) in [5.74, 6) is 0.589. The number of benzene rings is 2. The van der Waals surface area contributed by atoms with Gasteiger partial charge in [-0.05, 0) is 42.7 Å². The van der Waals surface area contributed by atoms with Crippen LogP contribution in [-0.2, 0) is 16.0 Å². The molecule has 1 heterocycles. The summed E-state index contributed by atoms with van der Waals surface area (Å²) in [7, 11) is 0. The number of rotatable bonds is 6. The van der Waals surface area contributed by atoms with E-state index in [-0.39, 0.29) is 11.8 Å². The minimum atomic E-state index is 0.0495. The van der Waals surface area contributed by atoms with Gasteiger partial charge in [-0.25, -0.2) is 0 Å². The maximum absolute atomic E-state index is 12.6. The first-order chi connectivity index (χ1) is 13.9. The summed E-state index contributed by atoms with van der Waals surface area (Å²) in [6.07, 6.45) is 0.993. The molecule has 154 valence electrons. The van der Waals surface area contributed by atoms with Crippen LogP contribution >= 0.6 is 0 Å². The minimum Gasteiger partial charge on any atom is -0.368 e. The van der Waals surface area contributed by atoms with Gasteiger partial charge in [-0.15, -0.1) is 0 Å². The number of piperazine rings is 1. The number of nitrogens with zero attached hydrogens (tertiary/aromatic N) is 2. The van der Waals surface area contributed by atoms with Crippen molar-refractivity contribution in [2.75, 3.05) is 36.4 Å². The normalized spacial score (nSPS) is 14.2. The van der Waals surface area contributed by atoms with Gasteiger partial charge in [0.05, 0.1) is 6.42 Å². The molecule has 0 saturated carbocycles. The van der Waals surface area contributed by atoms with Crippen molar-refractivity contribution in [2.45, 2.75) is 33.6 Å². The first-order valence-corrected chi connectivity index (χ1v) is 10.4. The first kappa shape index (κ1) is 20.9. The predicted octanol–water partition coefficient (Wildman–Crippen LogP) is 3.87. The summed E-state index contributed by atoms with van der Waals surface area (Å²) in [5.41, 5.74) is 4.21. The highest BCUT2D eigenvalue weighted by molar-refractivity contribution is 5.91. The summed E-state index contributed by atoms with van der Waals surface area (Å²) in [6.45, 7) is 9.22. The summed E-state index contributed by atoms with van der Waals surface area (Å²) >= 11 is 0. The lowest BCUT2D eigenvalue weighted by Crippen LogP contribution is -2.49. The van der Waals surface area contributed by atoms with Gasteiger partial charge in [0, 0.05) is 44.0 Å². The van der Waals surface area contributed by atoms with Crippen LogP contribution in [0, 0.1) is 12.8 Å². The van der Waals surface area contributed by atoms with Gasteiger partial charge in [0.15, 0.2) is 0 Å². The molecule has 0 radical (unpaired) electrons. The molecular weight excluding hydrogens is 362 g/mol. The van der Waals surface area contributed by atoms with Crippen LogP contribution in [0.4, 0.5) is 11.4 Å². The quantitative estimate of drug-likeness (QED) is 0.811. The van der Waals surface area contributed by atoms with Gasteiger partial charge in [-0.2, -0.15) is 0 Å². The molecule has 2 aromatic carbocycles. The Bertz CT molecular complexity index is 837. The molecule has 0 unspecified atom stereocenters. The predicted molar refractivity (Wildman–Crippen MR) is 118 cm³/mol. The largest absolute Gasteiger partial charge is 0.368 e. The van der Waals surface area contributed by atoms with Crippen LogP contribution < -0.4 is 10.2 Å². The Labute approximate surface area is 173 Å². The Balaban J connectivity index is 1.50. The highest BCUT2D eigenvalue weighted by Crippen LogP contribution is 2.20. The Morgan fingerprint density at radius 1 is 1.00 bits per heavy atom. The zero-order chi connectivity index (χ0) is 20.8. The van der Waals surface area contributed by atoms with Crippen molar-refractivity contribution in [1.82, 2.24) is 4.90 Å². The third-order valence-corrected chi connectivity index (χ3v) is 5.18. The molecule has 5 heteroatoms. The monoisotopic (exact) mass is 393 g/mol. The molecule has 0 atom stereocenters. The molecule has 0 spiro atoms. The molecule has 2 amide bonds. The van der Waals surface area contributed by atoms with Crippen molar-refractivity contribution >= 4 is 23.2 Å². The van der Waals surface area contributed by atoms with E-state index in [1.807, 2.05) is 68.1 Å². The van der Waals surface area contributed by atoms with E-state index < -0.39 is 0 Å². The van der Waals surface area contributed by atoms with Crippen molar-refractivity contribution < 1.29 is 9.59 Å². The molecule has 29 heavy (non-hydrogen) atoms. The summed E-state index contributed by atoms with van der Waals surface area (Å²) in [5, 5.41) is 2.94. The molecular formula is C24H31N3O2. The third kappa shape index (κ3) is 6.08. The van der Waals surface area contributed by atoms with E-state index >= 15 is 0 Å². The maximum Gasteiger partial charge on any atom is 0.227 e. The van der Waals surface area contributed by atoms with Crippen molar-refractivity contribution in [3.05, 3.63) is 59.7 Å². The van der Waals surface area contributed by atoms with Crippen molar-refractivity contribution in [2.24, 2.45) is 5.92 Å². The van der Waals surface area contributed by atoms with Gasteiger partial charge >= 0.3 is 0 Å². The van der Waals surface area contributed by atoms with Crippen LogP contribution in [0.5, 0.6) is 0 Å². The lowest BCUT2D eigenvalue weighted by Gasteiger charge is -2.36. The standard InChI is InChI=1S/C24H31N3O2/c1-18(2)15-23(28)25-21-7-9-22(10-8-21)26-11-13-27(14-12-26)24(29)17-20-6-4-5-19(3)16-20/h4-10,16,18H,11-15,17H2,1-3H3,(H,25,28). The van der Waals surface area contributed by atoms with Crippen molar-refractivity contribution in [3.63, 3.8) is 0 Å². The van der Waals surface area contributed by atoms with Crippen LogP contribution in [0.25, 0.3) is 0 Å². The Kier molecular flexibility index (Phi) is 6.91. The van der Waals surface area contributed by atoms with Gasteiger partial charge in [0.25, 0.3) is 0 Å². The highest BCUT2D eigenvalue weighted by Gasteiger charge is 2.21. The van der Waals surface area contributed by atoms with E-state index in [1.54, 1.807) is 0 Å². The number of hydrogen-bond acceptors (Lipinski definition) is 3. The Morgan fingerprint density at radius 3 is 2.31 bits per heavy atom. The van der Waals surface area contributed by atoms with Gasteiger partial charge in [-0.1, -0.05) is 43.7 Å². The van der Waals surface area contributed by atoms with Crippen LogP contribution in [0.3, 0.4) is 0 Å². The van der Waals surface area contributed by atoms with Gasteiger partial charge in [0.2, 0.25) is 11.8 Å². The van der Waals surface area contributed by atoms with Crippen LogP contribution in [0.2, 0.25) is 0 Å². The highest BCUT2D eigenvalue weighted by atomic mass is 16.2. The van der Waals surface area contributed by atoms with Gasteiger partial charge in [0.1, 0.15) is 0 Å². The molecule has 1 N–H and O–H groups in total. The molecule has 1 fully saturated rings. The summed E-state index contributed by atoms with van der Waals surface area (Å²) < 4.78 is 0. The second-order valence-electron chi connectivity index (χ2n) is 8.23. The molecule has 3 rings (SSSR count). The van der Waals surface area contributed by atoms with E-state index in [2.05, 4.69) is 16.3 Å². The van der Waals surface area contributed by atoms with Crippen LogP contribution in [0.1, 0.15) is 31.4 Å². The number of anilines is 2. The van der Waals surface area contributed by atoms with Crippen LogP contribution in [-0.4, -0.2) is 42.9 Å². The molecule has 0 bridgehead atoms. The molecule has 1 aliphatic rings. The Hall–Kier alpha value is -2.82. The first-order valence-electron chi connectivity index (χ1n) is 10.4. The third-order valence-electron chi connectivity index (χ3n) is 5.18. The summed E-state index contributed by atoms with van der Waals surface area (Å²) in [6, 6.07) is 16.1. The van der Waals surface area contributed by atoms with E-state index in [1.165, 1.54) is 5.56 Å². The number of carbonyl (C=O) groups is 2. The smallest absolute Gasteiger partial charge is 0.227 e. The second-order valence-corrected chi connectivity index (χ2v) is 8.23. The lowest BCUT2D eigenvalue weighted by molar-refractivity contribution is -0.130. The average Bonchev–Trinajstić information content (AvgIpc) is 2.68. The fourth-order valence-corrected chi connectivity index (χ4v) is 3.66. The van der Waals surface area contributed by atoms with E-state index in [0.29, 0.717) is 18.8 Å². The van der Waals surface area contributed by atoms with E-state index in [0.717, 1.165) is 43.1 Å². The second kappa shape index (κ2) is 9.59. The number of nitrogens with one attached hydrogen (secondary N) is 1. The average molecular weight is 394 g/mol. The number of amides is 2. The number of carbonyl (C=O) groups excluding carboxylic acids is 2. The zero-order valence-electron chi connectivity index (χ0n) is 17.6. The van der Waals surface area contributed by atoms with Crippen molar-refractivity contribution in [1.29, 1.82) is 0 Å². The zero-order valence-corrected chi connectivity index (χ0v) is 17.6. The minimum absolute atomic E-state index is 0.0495. The number of aryl methyl sites for hydroxylation is 1. The van der Waals surface area contributed by atoms with Crippen molar-refractivity contribution in [3.8, 4) is 0 Å². The summed E-state index contributed by atoms with van der Waals surface area (Å²) in [4.78, 5) is 28.8. The molecule has 2 aromatic rings. The molecule has 0 aliphatic carbocycles. The fourth-order valence-electron chi connectivity index (χ4n) is 3.66. The van der Waals surface area contributed by atoms with Gasteiger partial charge in [-0.3, -0.25) is 9.59 Å². The Morgan fingerprint density at radius 2 is 1.69 bits per heavy atom. The van der Waals surface area contributed by atoms with Gasteiger partial charge < -0.3 is 15.1 Å². The lowest BCUT2D eigenvalue weighted by atomic mass is 10.1. The molecule has 5 nitrogen and oxygen atoms in total. The molecule has 1 aliphatic heterocycles. The number of hydrogen-bond donors (Lipinski definition) is 1. The van der Waals surface area contributed by atoms with E-state index in [4.69, 9.17) is 0 Å². The fraction of sp³-hybridized carbons (Fsp3) is 0.417. The van der Waals surface area contributed by atoms with Crippen LogP contribution in [0.15, 0.2) is 48.5 Å². The van der Waals surface area contributed by atoms with E-state index in [9.17, 15) is 9.59 Å². The topological polar surface area (TPSA) is 52.7 Å². The SMILES string of the molecule is Cc1cccc(CC(=O)N2CCN(c3ccc(NC(=O)CC(C)C)cc3)CC2)c1. The molecule has 0 aromatic heterocycles. The molecule has 1 saturated heterocycles. The maximum atomic E-state index is 12.6.